The Morgan fingerprint density at radius 1 is 0.348 bits per heavy atom. The Morgan fingerprint density at radius 3 is 1.72 bits per heavy atom. The molecule has 0 amide bonds. The van der Waals surface area contributed by atoms with Crippen LogP contribution >= 0.6 is 11.8 Å². The molecule has 1 atom stereocenters. The fourth-order valence-electron chi connectivity index (χ4n) is 8.85. The summed E-state index contributed by atoms with van der Waals surface area (Å²) in [6.45, 7) is 0. The normalized spacial score (nSPS) is 16.3. The Balaban J connectivity index is 1.20. The van der Waals surface area contributed by atoms with Gasteiger partial charge in [-0.05, 0) is 108 Å². The van der Waals surface area contributed by atoms with Crippen LogP contribution < -0.4 is 0 Å². The van der Waals surface area contributed by atoms with Crippen molar-refractivity contribution in [3.63, 3.8) is 0 Å². The van der Waals surface area contributed by atoms with Crippen molar-refractivity contribution in [3.8, 4) is 44.5 Å². The van der Waals surface area contributed by atoms with E-state index in [-0.39, 0.29) is 5.41 Å². The minimum absolute atomic E-state index is 0.350. The third-order valence-corrected chi connectivity index (χ3v) is 11.8. The van der Waals surface area contributed by atoms with Gasteiger partial charge in [0.15, 0.2) is 0 Å². The van der Waals surface area contributed by atoms with Crippen molar-refractivity contribution < 1.29 is 0 Å². The first-order chi connectivity index (χ1) is 22.8. The second-order valence-corrected chi connectivity index (χ2v) is 13.9. The van der Waals surface area contributed by atoms with Crippen LogP contribution in [-0.4, -0.2) is 0 Å². The standard InChI is InChI=1S/C45H26S/c1-2-11-29-26-40-36(24-28(29)10-1)33-15-4-6-19-38(33)45(40)37-18-5-3-14-32(37)35-25-30(22-23-39(35)45)31-16-9-21-42-44(31)34-17-7-12-27-13-8-20-41(46-42)43(27)34/h1-26H. The summed E-state index contributed by atoms with van der Waals surface area (Å²) in [7, 11) is 0. The average Bonchev–Trinajstić information content (AvgIpc) is 3.57. The molecule has 8 aromatic carbocycles. The van der Waals surface area contributed by atoms with E-state index in [0.29, 0.717) is 0 Å². The Hall–Kier alpha value is -5.37. The molecule has 0 saturated carbocycles. The van der Waals surface area contributed by atoms with E-state index < -0.39 is 0 Å². The van der Waals surface area contributed by atoms with E-state index in [1.807, 2.05) is 11.8 Å². The first kappa shape index (κ1) is 24.9. The van der Waals surface area contributed by atoms with Gasteiger partial charge in [0.05, 0.1) is 5.41 Å². The third-order valence-electron chi connectivity index (χ3n) is 10.6. The van der Waals surface area contributed by atoms with Crippen LogP contribution in [0.5, 0.6) is 0 Å². The van der Waals surface area contributed by atoms with E-state index >= 15 is 0 Å². The highest BCUT2D eigenvalue weighted by Crippen LogP contribution is 2.63. The van der Waals surface area contributed by atoms with E-state index in [4.69, 9.17) is 0 Å². The SMILES string of the molecule is c1ccc2c(c1)-c1cc(-c3cccc4c3-c3cccc5cccc(c35)S4)ccc1C21c2ccccc2-c2cc3ccccc3cc21. The van der Waals surface area contributed by atoms with Gasteiger partial charge in [-0.25, -0.2) is 0 Å². The molecular weight excluding hydrogens is 573 g/mol. The summed E-state index contributed by atoms with van der Waals surface area (Å²) < 4.78 is 0. The van der Waals surface area contributed by atoms with Crippen LogP contribution in [0.2, 0.25) is 0 Å². The maximum Gasteiger partial charge on any atom is 0.0725 e. The average molecular weight is 599 g/mol. The zero-order valence-electron chi connectivity index (χ0n) is 24.9. The lowest BCUT2D eigenvalue weighted by atomic mass is 9.70. The molecule has 0 N–H and O–H groups in total. The molecule has 11 rings (SSSR count). The summed E-state index contributed by atoms with van der Waals surface area (Å²) in [5.74, 6) is 0. The van der Waals surface area contributed by atoms with Crippen LogP contribution in [-0.2, 0) is 5.41 Å². The highest BCUT2D eigenvalue weighted by Gasteiger charge is 2.51. The second kappa shape index (κ2) is 8.88. The first-order valence-electron chi connectivity index (χ1n) is 16.0. The van der Waals surface area contributed by atoms with Crippen LogP contribution in [0.25, 0.3) is 66.1 Å². The van der Waals surface area contributed by atoms with E-state index in [1.165, 1.54) is 98.1 Å². The Bertz CT molecular complexity index is 2620. The van der Waals surface area contributed by atoms with Gasteiger partial charge in [-0.1, -0.05) is 139 Å². The van der Waals surface area contributed by atoms with Crippen LogP contribution in [0.3, 0.4) is 0 Å². The van der Waals surface area contributed by atoms with E-state index in [0.717, 1.165) is 0 Å². The molecule has 3 aliphatic rings. The fourth-order valence-corrected chi connectivity index (χ4v) is 10.0. The minimum atomic E-state index is -0.350. The molecule has 0 saturated heterocycles. The fraction of sp³-hybridized carbons (Fsp3) is 0.0222. The molecular formula is C45H26S. The molecule has 46 heavy (non-hydrogen) atoms. The Kier molecular flexibility index (Phi) is 4.80. The topological polar surface area (TPSA) is 0 Å². The molecule has 1 aliphatic heterocycles. The van der Waals surface area contributed by atoms with Crippen LogP contribution in [0.15, 0.2) is 168 Å². The molecule has 0 nitrogen and oxygen atoms in total. The van der Waals surface area contributed by atoms with Gasteiger partial charge >= 0.3 is 0 Å². The molecule has 0 bridgehead atoms. The Labute approximate surface area is 272 Å². The zero-order chi connectivity index (χ0) is 30.0. The van der Waals surface area contributed by atoms with Gasteiger partial charge in [0, 0.05) is 20.7 Å². The molecule has 1 heterocycles. The van der Waals surface area contributed by atoms with Gasteiger partial charge < -0.3 is 0 Å². The summed E-state index contributed by atoms with van der Waals surface area (Å²) in [6, 6.07) is 59.5. The van der Waals surface area contributed by atoms with Gasteiger partial charge in [0.2, 0.25) is 0 Å². The van der Waals surface area contributed by atoms with Crippen molar-refractivity contribution in [1.82, 2.24) is 0 Å². The summed E-state index contributed by atoms with van der Waals surface area (Å²) in [5, 5.41) is 5.25. The third kappa shape index (κ3) is 3.02. The van der Waals surface area contributed by atoms with Crippen molar-refractivity contribution in [2.75, 3.05) is 0 Å². The molecule has 1 heteroatoms. The molecule has 212 valence electrons. The second-order valence-electron chi connectivity index (χ2n) is 12.8. The maximum absolute atomic E-state index is 2.48. The van der Waals surface area contributed by atoms with Crippen molar-refractivity contribution in [2.45, 2.75) is 15.2 Å². The van der Waals surface area contributed by atoms with E-state index in [2.05, 4.69) is 158 Å². The lowest BCUT2D eigenvalue weighted by Gasteiger charge is -2.30. The van der Waals surface area contributed by atoms with E-state index in [9.17, 15) is 0 Å². The summed E-state index contributed by atoms with van der Waals surface area (Å²) in [6.07, 6.45) is 0. The van der Waals surface area contributed by atoms with Crippen molar-refractivity contribution in [3.05, 3.63) is 180 Å². The number of fused-ring (bicyclic) bond motifs is 13. The zero-order valence-corrected chi connectivity index (χ0v) is 25.7. The van der Waals surface area contributed by atoms with Crippen molar-refractivity contribution >= 4 is 33.3 Å². The highest BCUT2D eigenvalue weighted by molar-refractivity contribution is 7.99. The van der Waals surface area contributed by atoms with Gasteiger partial charge in [-0.15, -0.1) is 0 Å². The molecule has 0 radical (unpaired) electrons. The number of hydrogen-bond donors (Lipinski definition) is 0. The number of rotatable bonds is 1. The van der Waals surface area contributed by atoms with Gasteiger partial charge in [-0.2, -0.15) is 0 Å². The van der Waals surface area contributed by atoms with Crippen LogP contribution in [0.4, 0.5) is 0 Å². The van der Waals surface area contributed by atoms with E-state index in [1.54, 1.807) is 0 Å². The molecule has 2 aliphatic carbocycles. The smallest absolute Gasteiger partial charge is 0.0725 e. The summed E-state index contributed by atoms with van der Waals surface area (Å²) in [4.78, 5) is 2.67. The molecule has 0 fully saturated rings. The monoisotopic (exact) mass is 598 g/mol. The lowest BCUT2D eigenvalue weighted by Crippen LogP contribution is -2.25. The maximum atomic E-state index is 2.48. The van der Waals surface area contributed by atoms with Crippen molar-refractivity contribution in [2.24, 2.45) is 0 Å². The predicted molar refractivity (Wildman–Crippen MR) is 193 cm³/mol. The lowest BCUT2D eigenvalue weighted by molar-refractivity contribution is 0.795. The Morgan fingerprint density at radius 2 is 0.913 bits per heavy atom. The van der Waals surface area contributed by atoms with Gasteiger partial charge in [-0.3, -0.25) is 0 Å². The first-order valence-corrected chi connectivity index (χ1v) is 16.8. The van der Waals surface area contributed by atoms with Gasteiger partial charge in [0.25, 0.3) is 0 Å². The minimum Gasteiger partial charge on any atom is -0.0888 e. The van der Waals surface area contributed by atoms with Crippen LogP contribution in [0.1, 0.15) is 22.3 Å². The molecule has 8 aromatic rings. The highest BCUT2D eigenvalue weighted by atomic mass is 32.2. The van der Waals surface area contributed by atoms with Crippen molar-refractivity contribution in [1.29, 1.82) is 0 Å². The number of benzene rings is 8. The van der Waals surface area contributed by atoms with Crippen LogP contribution in [0, 0.1) is 0 Å². The van der Waals surface area contributed by atoms with Gasteiger partial charge in [0.1, 0.15) is 0 Å². The largest absolute Gasteiger partial charge is 0.0888 e. The molecule has 1 unspecified atom stereocenters. The predicted octanol–water partition coefficient (Wildman–Crippen LogP) is 12.1. The quantitative estimate of drug-likeness (QED) is 0.181. The molecule has 0 aromatic heterocycles. The number of hydrogen-bond acceptors (Lipinski definition) is 1. The molecule has 1 spiro atoms. The summed E-state index contributed by atoms with van der Waals surface area (Å²) in [5.41, 5.74) is 15.8. The summed E-state index contributed by atoms with van der Waals surface area (Å²) >= 11 is 1.90.